The summed E-state index contributed by atoms with van der Waals surface area (Å²) in [6.45, 7) is 2.70. The number of rotatable bonds is 5. The minimum absolute atomic E-state index is 0.304. The van der Waals surface area contributed by atoms with E-state index in [-0.39, 0.29) is 5.97 Å². The Morgan fingerprint density at radius 3 is 2.82 bits per heavy atom. The van der Waals surface area contributed by atoms with Gasteiger partial charge >= 0.3 is 5.97 Å². The van der Waals surface area contributed by atoms with Crippen molar-refractivity contribution in [2.45, 2.75) is 13.3 Å². The number of carbonyl (C=O) groups excluding carboxylic acids is 1. The second kappa shape index (κ2) is 7.49. The van der Waals surface area contributed by atoms with Crippen LogP contribution >= 0.6 is 0 Å². The molecule has 0 unspecified atom stereocenters. The topological polar surface area (TPSA) is 35.5 Å². The van der Waals surface area contributed by atoms with Crippen LogP contribution in [0.5, 0.6) is 0 Å². The highest BCUT2D eigenvalue weighted by atomic mass is 28.2. The molecular weight excluding hydrogens is 160 g/mol. The van der Waals surface area contributed by atoms with Crippen molar-refractivity contribution in [3.63, 3.8) is 0 Å². The molecule has 0 fully saturated rings. The maximum absolute atomic E-state index is 10.6. The van der Waals surface area contributed by atoms with Gasteiger partial charge in [0, 0.05) is 19.1 Å². The largest absolute Gasteiger partial charge is 0.462 e. The second-order valence-corrected chi connectivity index (χ2v) is 2.16. The molecule has 3 nitrogen and oxygen atoms in total. The van der Waals surface area contributed by atoms with Crippen molar-refractivity contribution in [1.82, 2.24) is 0 Å². The Labute approximate surface area is 69.9 Å². The molecule has 0 heterocycles. The van der Waals surface area contributed by atoms with Crippen LogP contribution in [0.2, 0.25) is 0 Å². The van der Waals surface area contributed by atoms with Gasteiger partial charge in [-0.2, -0.15) is 0 Å². The SMILES string of the molecule is CC=CC(=O)OCCCO[Si]. The Hall–Kier alpha value is -0.613. The molecule has 0 aliphatic heterocycles. The van der Waals surface area contributed by atoms with Gasteiger partial charge in [0.2, 0.25) is 10.5 Å². The average molecular weight is 171 g/mol. The Bertz CT molecular complexity index is 134. The van der Waals surface area contributed by atoms with E-state index in [1.807, 2.05) is 0 Å². The van der Waals surface area contributed by atoms with Crippen LogP contribution in [0.3, 0.4) is 0 Å². The first kappa shape index (κ1) is 10.4. The van der Waals surface area contributed by atoms with Crippen LogP contribution < -0.4 is 0 Å². The summed E-state index contributed by atoms with van der Waals surface area (Å²) in [5.74, 6) is -0.304. The van der Waals surface area contributed by atoms with E-state index in [0.717, 1.165) is 0 Å². The van der Waals surface area contributed by atoms with Gasteiger partial charge in [-0.3, -0.25) is 0 Å². The van der Waals surface area contributed by atoms with Gasteiger partial charge in [0.05, 0.1) is 6.61 Å². The summed E-state index contributed by atoms with van der Waals surface area (Å²) in [7, 11) is 2.84. The fourth-order valence-corrected chi connectivity index (χ4v) is 0.632. The quantitative estimate of drug-likeness (QED) is 0.263. The van der Waals surface area contributed by atoms with E-state index in [0.29, 0.717) is 19.6 Å². The van der Waals surface area contributed by atoms with Crippen molar-refractivity contribution in [3.05, 3.63) is 12.2 Å². The monoisotopic (exact) mass is 171 g/mol. The Kier molecular flexibility index (Phi) is 7.08. The van der Waals surface area contributed by atoms with Gasteiger partial charge < -0.3 is 9.16 Å². The van der Waals surface area contributed by atoms with Crippen molar-refractivity contribution >= 4 is 16.5 Å². The molecule has 0 saturated carbocycles. The first-order valence-electron chi connectivity index (χ1n) is 3.39. The van der Waals surface area contributed by atoms with Gasteiger partial charge in [-0.25, -0.2) is 4.79 Å². The second-order valence-electron chi connectivity index (χ2n) is 1.87. The number of hydrogen-bond acceptors (Lipinski definition) is 3. The predicted molar refractivity (Wildman–Crippen MR) is 42.1 cm³/mol. The molecule has 61 valence electrons. The molecule has 3 radical (unpaired) electrons. The predicted octanol–water partition coefficient (Wildman–Crippen LogP) is 0.596. The number of allylic oxidation sites excluding steroid dienone is 1. The summed E-state index contributed by atoms with van der Waals surface area (Å²) in [4.78, 5) is 10.6. The summed E-state index contributed by atoms with van der Waals surface area (Å²) in [6.07, 6.45) is 3.73. The van der Waals surface area contributed by atoms with E-state index in [1.165, 1.54) is 6.08 Å². The maximum atomic E-state index is 10.6. The standard InChI is InChI=1S/C7H11O3Si/c1-2-4-7(8)9-5-3-6-10-11/h2,4H,3,5-6H2,1H3. The van der Waals surface area contributed by atoms with Crippen LogP contribution in [0.4, 0.5) is 0 Å². The zero-order chi connectivity index (χ0) is 8.53. The first-order chi connectivity index (χ1) is 5.31. The molecule has 0 aromatic carbocycles. The highest BCUT2D eigenvalue weighted by molar-refractivity contribution is 5.97. The number of esters is 1. The zero-order valence-electron chi connectivity index (χ0n) is 6.50. The molecule has 0 amide bonds. The van der Waals surface area contributed by atoms with E-state index in [4.69, 9.17) is 4.74 Å². The average Bonchev–Trinajstić information content (AvgIpc) is 1.99. The fourth-order valence-electron chi connectivity index (χ4n) is 0.488. The third-order valence-corrected chi connectivity index (χ3v) is 1.14. The minimum atomic E-state index is -0.304. The fraction of sp³-hybridized carbons (Fsp3) is 0.571. The van der Waals surface area contributed by atoms with Crippen LogP contribution in [0, 0.1) is 0 Å². The van der Waals surface area contributed by atoms with Crippen LogP contribution in [0.15, 0.2) is 12.2 Å². The highest BCUT2D eigenvalue weighted by Crippen LogP contribution is 1.85. The molecule has 0 saturated heterocycles. The van der Waals surface area contributed by atoms with Gasteiger partial charge in [0.1, 0.15) is 0 Å². The van der Waals surface area contributed by atoms with Gasteiger partial charge in [-0.1, -0.05) is 6.08 Å². The molecule has 0 spiro atoms. The molecular formula is C7H11O3Si. The molecule has 0 aromatic rings. The third kappa shape index (κ3) is 7.28. The number of carbonyl (C=O) groups is 1. The van der Waals surface area contributed by atoms with Crippen molar-refractivity contribution in [2.24, 2.45) is 0 Å². The van der Waals surface area contributed by atoms with Crippen LogP contribution in [-0.2, 0) is 14.0 Å². The lowest BCUT2D eigenvalue weighted by molar-refractivity contribution is -0.137. The van der Waals surface area contributed by atoms with E-state index < -0.39 is 0 Å². The first-order valence-corrected chi connectivity index (χ1v) is 3.80. The van der Waals surface area contributed by atoms with Gasteiger partial charge in [0.25, 0.3) is 0 Å². The zero-order valence-corrected chi connectivity index (χ0v) is 7.50. The molecule has 0 N–H and O–H groups in total. The summed E-state index contributed by atoms with van der Waals surface area (Å²) in [5.41, 5.74) is 0. The lowest BCUT2D eigenvalue weighted by Crippen LogP contribution is -2.04. The summed E-state index contributed by atoms with van der Waals surface area (Å²) in [6, 6.07) is 0. The van der Waals surface area contributed by atoms with Crippen molar-refractivity contribution in [1.29, 1.82) is 0 Å². The van der Waals surface area contributed by atoms with Crippen molar-refractivity contribution in [3.8, 4) is 0 Å². The molecule has 0 atom stereocenters. The Morgan fingerprint density at radius 1 is 1.55 bits per heavy atom. The molecule has 11 heavy (non-hydrogen) atoms. The van der Waals surface area contributed by atoms with Crippen LogP contribution in [0.1, 0.15) is 13.3 Å². The maximum Gasteiger partial charge on any atom is 0.330 e. The summed E-state index contributed by atoms with van der Waals surface area (Å²) >= 11 is 0. The summed E-state index contributed by atoms with van der Waals surface area (Å²) in [5, 5.41) is 0. The van der Waals surface area contributed by atoms with Crippen LogP contribution in [0.25, 0.3) is 0 Å². The lowest BCUT2D eigenvalue weighted by Gasteiger charge is -1.99. The van der Waals surface area contributed by atoms with Crippen molar-refractivity contribution < 1.29 is 14.0 Å². The lowest BCUT2D eigenvalue weighted by atomic mass is 10.5. The van der Waals surface area contributed by atoms with Gasteiger partial charge in [-0.05, 0) is 6.92 Å². The van der Waals surface area contributed by atoms with Crippen LogP contribution in [-0.4, -0.2) is 29.7 Å². The molecule has 0 rings (SSSR count). The molecule has 0 aliphatic carbocycles. The van der Waals surface area contributed by atoms with Gasteiger partial charge in [0.15, 0.2) is 0 Å². The molecule has 0 bridgehead atoms. The Morgan fingerprint density at radius 2 is 2.27 bits per heavy atom. The van der Waals surface area contributed by atoms with E-state index in [9.17, 15) is 4.79 Å². The number of hydrogen-bond donors (Lipinski definition) is 0. The highest BCUT2D eigenvalue weighted by Gasteiger charge is 1.93. The molecule has 0 aromatic heterocycles. The Balaban J connectivity index is 3.17. The molecule has 4 heteroatoms. The molecule has 0 aliphatic rings. The van der Waals surface area contributed by atoms with E-state index in [2.05, 4.69) is 14.9 Å². The van der Waals surface area contributed by atoms with Crippen molar-refractivity contribution in [2.75, 3.05) is 13.2 Å². The van der Waals surface area contributed by atoms with Gasteiger partial charge in [-0.15, -0.1) is 0 Å². The van der Waals surface area contributed by atoms with E-state index in [1.54, 1.807) is 13.0 Å². The smallest absolute Gasteiger partial charge is 0.330 e. The van der Waals surface area contributed by atoms with E-state index >= 15 is 0 Å². The normalized spacial score (nSPS) is 10.4. The minimum Gasteiger partial charge on any atom is -0.462 e. The summed E-state index contributed by atoms with van der Waals surface area (Å²) < 4.78 is 9.34. The number of ether oxygens (including phenoxy) is 1. The third-order valence-electron chi connectivity index (χ3n) is 0.938.